The molecule has 0 bridgehead atoms. The van der Waals surface area contributed by atoms with Gasteiger partial charge >= 0.3 is 0 Å². The van der Waals surface area contributed by atoms with Gasteiger partial charge in [0.25, 0.3) is 0 Å². The van der Waals surface area contributed by atoms with Crippen LogP contribution in [0.15, 0.2) is 0 Å². The molecule has 1 aliphatic heterocycles. The SMILES string of the molecule is CC1(C)O[C@@H]2CC[C@@H]3[C@H](CC[C@H]2S1)C3(Br)Br. The van der Waals surface area contributed by atoms with E-state index in [1.807, 2.05) is 11.8 Å². The molecule has 3 rings (SSSR count). The Morgan fingerprint density at radius 2 is 1.69 bits per heavy atom. The Hall–Kier alpha value is 1.27. The molecule has 0 amide bonds. The van der Waals surface area contributed by atoms with Gasteiger partial charge < -0.3 is 4.74 Å². The normalized spacial score (nSPS) is 48.8. The molecular formula is C12H18Br2OS. The zero-order valence-electron chi connectivity index (χ0n) is 9.71. The lowest BCUT2D eigenvalue weighted by atomic mass is 9.98. The van der Waals surface area contributed by atoms with Crippen LogP contribution >= 0.6 is 43.6 Å². The van der Waals surface area contributed by atoms with Crippen LogP contribution in [0.3, 0.4) is 0 Å². The number of fused-ring (bicyclic) bond motifs is 2. The molecule has 0 aromatic rings. The summed E-state index contributed by atoms with van der Waals surface area (Å²) in [7, 11) is 0. The lowest BCUT2D eigenvalue weighted by molar-refractivity contribution is -0.00317. The summed E-state index contributed by atoms with van der Waals surface area (Å²) in [5, 5.41) is 0.729. The Labute approximate surface area is 119 Å². The fourth-order valence-electron chi connectivity index (χ4n) is 3.33. The second kappa shape index (κ2) is 3.88. The summed E-state index contributed by atoms with van der Waals surface area (Å²) < 4.78 is 6.42. The molecule has 2 saturated carbocycles. The molecule has 4 heteroatoms. The molecule has 2 aliphatic carbocycles. The van der Waals surface area contributed by atoms with Crippen LogP contribution in [-0.4, -0.2) is 19.5 Å². The minimum atomic E-state index is 0.0454. The molecule has 1 saturated heterocycles. The zero-order valence-corrected chi connectivity index (χ0v) is 13.7. The summed E-state index contributed by atoms with van der Waals surface area (Å²) in [6.45, 7) is 4.42. The van der Waals surface area contributed by atoms with E-state index >= 15 is 0 Å². The van der Waals surface area contributed by atoms with Gasteiger partial charge in [0.05, 0.1) is 9.34 Å². The fraction of sp³-hybridized carbons (Fsp3) is 1.00. The van der Waals surface area contributed by atoms with E-state index in [0.717, 1.165) is 17.1 Å². The molecule has 16 heavy (non-hydrogen) atoms. The van der Waals surface area contributed by atoms with Crippen molar-refractivity contribution in [1.82, 2.24) is 0 Å². The first kappa shape index (κ1) is 12.3. The molecule has 3 aliphatic rings. The van der Waals surface area contributed by atoms with Crippen LogP contribution in [0.5, 0.6) is 0 Å². The maximum absolute atomic E-state index is 6.16. The third kappa shape index (κ3) is 2.02. The van der Waals surface area contributed by atoms with Crippen molar-refractivity contribution in [3.05, 3.63) is 0 Å². The molecule has 1 heterocycles. The second-order valence-corrected chi connectivity index (χ2v) is 11.3. The van der Waals surface area contributed by atoms with Gasteiger partial charge in [-0.2, -0.15) is 0 Å². The average Bonchev–Trinajstić information content (AvgIpc) is 2.49. The molecule has 0 aromatic carbocycles. The molecule has 3 fully saturated rings. The van der Waals surface area contributed by atoms with Gasteiger partial charge in [0.15, 0.2) is 0 Å². The summed E-state index contributed by atoms with van der Waals surface area (Å²) in [6.07, 6.45) is 5.70. The number of halogens is 2. The fourth-order valence-corrected chi connectivity index (χ4v) is 6.77. The molecule has 92 valence electrons. The third-order valence-corrected chi connectivity index (χ3v) is 8.03. The highest BCUT2D eigenvalue weighted by Crippen LogP contribution is 2.67. The van der Waals surface area contributed by atoms with Crippen molar-refractivity contribution in [1.29, 1.82) is 0 Å². The molecule has 0 spiro atoms. The van der Waals surface area contributed by atoms with Crippen LogP contribution in [0.25, 0.3) is 0 Å². The van der Waals surface area contributed by atoms with Gasteiger partial charge in [0.1, 0.15) is 4.93 Å². The topological polar surface area (TPSA) is 9.23 Å². The summed E-state index contributed by atoms with van der Waals surface area (Å²) in [4.78, 5) is 0.0454. The number of hydrogen-bond acceptors (Lipinski definition) is 2. The van der Waals surface area contributed by atoms with Gasteiger partial charge in [-0.3, -0.25) is 0 Å². The van der Waals surface area contributed by atoms with Gasteiger partial charge in [-0.05, 0) is 51.4 Å². The van der Waals surface area contributed by atoms with Gasteiger partial charge in [-0.1, -0.05) is 31.9 Å². The molecule has 1 nitrogen and oxygen atoms in total. The monoisotopic (exact) mass is 368 g/mol. The van der Waals surface area contributed by atoms with Crippen LogP contribution in [0.1, 0.15) is 39.5 Å². The predicted molar refractivity (Wildman–Crippen MR) is 76.4 cm³/mol. The van der Waals surface area contributed by atoms with Gasteiger partial charge in [0.2, 0.25) is 0 Å². The average molecular weight is 370 g/mol. The number of alkyl halides is 2. The van der Waals surface area contributed by atoms with E-state index in [9.17, 15) is 0 Å². The Kier molecular flexibility index (Phi) is 2.99. The Bertz CT molecular complexity index is 277. The second-order valence-electron chi connectivity index (χ2n) is 5.75. The molecule has 0 radical (unpaired) electrons. The van der Waals surface area contributed by atoms with Crippen LogP contribution in [0.4, 0.5) is 0 Å². The minimum absolute atomic E-state index is 0.0454. The summed E-state index contributed by atoms with van der Waals surface area (Å²) in [5.41, 5.74) is 0. The highest BCUT2D eigenvalue weighted by Gasteiger charge is 2.62. The standard InChI is InChI=1S/C12H18Br2OS/c1-11(2)15-9-5-3-7-8(12(7,13)14)4-6-10(9)16-11/h7-10H,3-6H2,1-2H3/t7-,8+,9-,10-/m1/s1. The smallest absolute Gasteiger partial charge is 0.108 e. The van der Waals surface area contributed by atoms with Crippen molar-refractivity contribution in [3.63, 3.8) is 0 Å². The predicted octanol–water partition coefficient (Wildman–Crippen LogP) is 4.53. The van der Waals surface area contributed by atoms with Crippen molar-refractivity contribution in [3.8, 4) is 0 Å². The number of rotatable bonds is 0. The van der Waals surface area contributed by atoms with E-state index in [4.69, 9.17) is 4.74 Å². The first-order valence-electron chi connectivity index (χ1n) is 6.13. The summed E-state index contributed by atoms with van der Waals surface area (Å²) >= 11 is 9.68. The molecular weight excluding hydrogens is 352 g/mol. The highest BCUT2D eigenvalue weighted by molar-refractivity contribution is 9.25. The number of hydrogen-bond donors (Lipinski definition) is 0. The van der Waals surface area contributed by atoms with E-state index in [2.05, 4.69) is 45.7 Å². The van der Waals surface area contributed by atoms with Crippen molar-refractivity contribution in [2.24, 2.45) is 11.8 Å². The van der Waals surface area contributed by atoms with E-state index in [1.165, 1.54) is 25.7 Å². The minimum Gasteiger partial charge on any atom is -0.361 e. The molecule has 4 atom stereocenters. The van der Waals surface area contributed by atoms with Crippen LogP contribution < -0.4 is 0 Å². The maximum Gasteiger partial charge on any atom is 0.108 e. The summed E-state index contributed by atoms with van der Waals surface area (Å²) in [6, 6.07) is 0. The third-order valence-electron chi connectivity index (χ3n) is 4.17. The van der Waals surface area contributed by atoms with Crippen molar-refractivity contribution in [2.45, 2.75) is 59.1 Å². The maximum atomic E-state index is 6.16. The lowest BCUT2D eigenvalue weighted by Gasteiger charge is -2.20. The van der Waals surface area contributed by atoms with Crippen LogP contribution in [-0.2, 0) is 4.74 Å². The van der Waals surface area contributed by atoms with Gasteiger partial charge in [-0.15, -0.1) is 11.8 Å². The van der Waals surface area contributed by atoms with Crippen LogP contribution in [0, 0.1) is 11.8 Å². The van der Waals surface area contributed by atoms with E-state index in [0.29, 0.717) is 6.10 Å². The Balaban J connectivity index is 1.69. The summed E-state index contributed by atoms with van der Waals surface area (Å²) in [5.74, 6) is 1.67. The molecule has 0 N–H and O–H groups in total. The first-order valence-corrected chi connectivity index (χ1v) is 8.60. The van der Waals surface area contributed by atoms with Crippen molar-refractivity contribution < 1.29 is 4.74 Å². The number of thioether (sulfide) groups is 1. The van der Waals surface area contributed by atoms with Gasteiger partial charge in [0, 0.05) is 5.25 Å². The zero-order chi connectivity index (χ0) is 11.6. The molecule has 0 unspecified atom stereocenters. The van der Waals surface area contributed by atoms with E-state index in [-0.39, 0.29) is 8.17 Å². The Morgan fingerprint density at radius 1 is 1.06 bits per heavy atom. The molecule has 0 aromatic heterocycles. The number of ether oxygens (including phenoxy) is 1. The highest BCUT2D eigenvalue weighted by atomic mass is 79.9. The Morgan fingerprint density at radius 3 is 2.38 bits per heavy atom. The van der Waals surface area contributed by atoms with Gasteiger partial charge in [-0.25, -0.2) is 0 Å². The van der Waals surface area contributed by atoms with Crippen molar-refractivity contribution in [2.75, 3.05) is 0 Å². The first-order chi connectivity index (χ1) is 7.40. The van der Waals surface area contributed by atoms with E-state index in [1.54, 1.807) is 0 Å². The van der Waals surface area contributed by atoms with Crippen molar-refractivity contribution >= 4 is 43.6 Å². The largest absolute Gasteiger partial charge is 0.361 e. The van der Waals surface area contributed by atoms with E-state index < -0.39 is 0 Å². The quantitative estimate of drug-likeness (QED) is 0.580. The lowest BCUT2D eigenvalue weighted by Crippen LogP contribution is -2.23. The van der Waals surface area contributed by atoms with Crippen LogP contribution in [0.2, 0.25) is 0 Å².